The van der Waals surface area contributed by atoms with E-state index in [0.717, 1.165) is 12.1 Å². The van der Waals surface area contributed by atoms with Gasteiger partial charge in [0.2, 0.25) is 0 Å². The highest BCUT2D eigenvalue weighted by atomic mass is 19.4. The van der Waals surface area contributed by atoms with E-state index in [0.29, 0.717) is 25.0 Å². The predicted octanol–water partition coefficient (Wildman–Crippen LogP) is 2.40. The van der Waals surface area contributed by atoms with E-state index in [-0.39, 0.29) is 6.61 Å². The Kier molecular flexibility index (Phi) is 3.14. The maximum Gasteiger partial charge on any atom is 0.416 e. The van der Waals surface area contributed by atoms with Gasteiger partial charge in [-0.3, -0.25) is 0 Å². The van der Waals surface area contributed by atoms with Crippen LogP contribution in [0.15, 0.2) is 24.3 Å². The summed E-state index contributed by atoms with van der Waals surface area (Å²) in [7, 11) is 0. The topological polar surface area (TPSA) is 29.5 Å². The van der Waals surface area contributed by atoms with Crippen molar-refractivity contribution in [1.82, 2.24) is 0 Å². The number of rotatable bonds is 2. The number of alkyl halides is 3. The Labute approximate surface area is 97.0 Å². The van der Waals surface area contributed by atoms with E-state index in [1.807, 2.05) is 0 Å². The number of hydrogen-bond acceptors (Lipinski definition) is 2. The van der Waals surface area contributed by atoms with E-state index in [1.165, 1.54) is 12.1 Å². The maximum atomic E-state index is 12.3. The second-order valence-electron chi connectivity index (χ2n) is 4.40. The average Bonchev–Trinajstić information content (AvgIpc) is 2.64. The van der Waals surface area contributed by atoms with Gasteiger partial charge < -0.3 is 9.84 Å². The predicted molar refractivity (Wildman–Crippen MR) is 55.5 cm³/mol. The summed E-state index contributed by atoms with van der Waals surface area (Å²) in [6, 6.07) is 4.88. The van der Waals surface area contributed by atoms with Crippen molar-refractivity contribution in [2.45, 2.75) is 24.6 Å². The Morgan fingerprint density at radius 3 is 2.35 bits per heavy atom. The monoisotopic (exact) mass is 246 g/mol. The lowest BCUT2D eigenvalue weighted by Crippen LogP contribution is -2.31. The molecule has 0 bridgehead atoms. The Bertz CT molecular complexity index is 378. The van der Waals surface area contributed by atoms with Crippen molar-refractivity contribution in [3.05, 3.63) is 35.4 Å². The molecule has 1 atom stereocenters. The minimum absolute atomic E-state index is 0.244. The summed E-state index contributed by atoms with van der Waals surface area (Å²) in [5.41, 5.74) is -0.915. The lowest BCUT2D eigenvalue weighted by atomic mass is 9.93. The third kappa shape index (κ3) is 2.98. The third-order valence-electron chi connectivity index (χ3n) is 2.90. The Morgan fingerprint density at radius 1 is 1.24 bits per heavy atom. The van der Waals surface area contributed by atoms with Gasteiger partial charge in [0, 0.05) is 19.4 Å². The van der Waals surface area contributed by atoms with Crippen LogP contribution in [0.1, 0.15) is 17.5 Å². The second kappa shape index (κ2) is 4.31. The molecule has 0 radical (unpaired) electrons. The first-order chi connectivity index (χ1) is 7.89. The molecule has 1 fully saturated rings. The number of ether oxygens (including phenoxy) is 1. The van der Waals surface area contributed by atoms with Crippen molar-refractivity contribution < 1.29 is 23.0 Å². The van der Waals surface area contributed by atoms with E-state index < -0.39 is 17.3 Å². The van der Waals surface area contributed by atoms with Crippen LogP contribution in [-0.4, -0.2) is 23.9 Å². The van der Waals surface area contributed by atoms with Gasteiger partial charge >= 0.3 is 6.18 Å². The van der Waals surface area contributed by atoms with Gasteiger partial charge in [0.25, 0.3) is 0 Å². The van der Waals surface area contributed by atoms with Gasteiger partial charge in [-0.2, -0.15) is 13.2 Å². The summed E-state index contributed by atoms with van der Waals surface area (Å²) in [5, 5.41) is 10.0. The van der Waals surface area contributed by atoms with Crippen molar-refractivity contribution in [3.63, 3.8) is 0 Å². The first-order valence-corrected chi connectivity index (χ1v) is 5.35. The normalized spacial score (nSPS) is 25.2. The SMILES string of the molecule is OC1(Cc2ccc(C(F)(F)F)cc2)CCOC1. The smallest absolute Gasteiger partial charge is 0.387 e. The van der Waals surface area contributed by atoms with Crippen LogP contribution in [0, 0.1) is 0 Å². The van der Waals surface area contributed by atoms with Crippen LogP contribution >= 0.6 is 0 Å². The highest BCUT2D eigenvalue weighted by molar-refractivity contribution is 5.25. The molecule has 2 nitrogen and oxygen atoms in total. The number of benzene rings is 1. The van der Waals surface area contributed by atoms with Crippen LogP contribution < -0.4 is 0 Å². The second-order valence-corrected chi connectivity index (χ2v) is 4.40. The first-order valence-electron chi connectivity index (χ1n) is 5.35. The van der Waals surface area contributed by atoms with E-state index in [1.54, 1.807) is 0 Å². The molecule has 0 aliphatic carbocycles. The summed E-state index contributed by atoms with van der Waals surface area (Å²) < 4.78 is 42.1. The van der Waals surface area contributed by atoms with Crippen LogP contribution in [0.25, 0.3) is 0 Å². The molecule has 0 spiro atoms. The molecule has 1 saturated heterocycles. The molecule has 1 aliphatic heterocycles. The molecule has 1 heterocycles. The third-order valence-corrected chi connectivity index (χ3v) is 2.90. The van der Waals surface area contributed by atoms with Crippen LogP contribution in [-0.2, 0) is 17.3 Å². The Morgan fingerprint density at radius 2 is 1.88 bits per heavy atom. The summed E-state index contributed by atoms with van der Waals surface area (Å²) in [4.78, 5) is 0. The zero-order valence-electron chi connectivity index (χ0n) is 9.13. The zero-order valence-corrected chi connectivity index (χ0v) is 9.13. The van der Waals surface area contributed by atoms with Crippen LogP contribution in [0.5, 0.6) is 0 Å². The van der Waals surface area contributed by atoms with Crippen LogP contribution in [0.2, 0.25) is 0 Å². The molecule has 0 aromatic heterocycles. The van der Waals surface area contributed by atoms with Gasteiger partial charge in [-0.05, 0) is 17.7 Å². The van der Waals surface area contributed by atoms with Gasteiger partial charge in [-0.15, -0.1) is 0 Å². The molecular formula is C12H13F3O2. The van der Waals surface area contributed by atoms with Crippen molar-refractivity contribution in [2.75, 3.05) is 13.2 Å². The molecule has 1 unspecified atom stereocenters. The highest BCUT2D eigenvalue weighted by Crippen LogP contribution is 2.30. The van der Waals surface area contributed by atoms with Crippen molar-refractivity contribution in [1.29, 1.82) is 0 Å². The molecular weight excluding hydrogens is 233 g/mol. The minimum atomic E-state index is -4.31. The van der Waals surface area contributed by atoms with Gasteiger partial charge in [-0.1, -0.05) is 12.1 Å². The molecule has 2 rings (SSSR count). The Balaban J connectivity index is 2.08. The number of halogens is 3. The fourth-order valence-corrected chi connectivity index (χ4v) is 1.93. The lowest BCUT2D eigenvalue weighted by Gasteiger charge is -2.20. The standard InChI is InChI=1S/C12H13F3O2/c13-12(14,15)10-3-1-9(2-4-10)7-11(16)5-6-17-8-11/h1-4,16H,5-8H2. The van der Waals surface area contributed by atoms with E-state index in [2.05, 4.69) is 0 Å². The van der Waals surface area contributed by atoms with Gasteiger partial charge in [0.05, 0.1) is 17.8 Å². The molecule has 5 heteroatoms. The van der Waals surface area contributed by atoms with Gasteiger partial charge in [0.1, 0.15) is 0 Å². The number of hydrogen-bond donors (Lipinski definition) is 1. The van der Waals surface area contributed by atoms with Crippen LogP contribution in [0.3, 0.4) is 0 Å². The molecule has 94 valence electrons. The first kappa shape index (κ1) is 12.4. The molecule has 1 aromatic carbocycles. The lowest BCUT2D eigenvalue weighted by molar-refractivity contribution is -0.137. The fraction of sp³-hybridized carbons (Fsp3) is 0.500. The fourth-order valence-electron chi connectivity index (χ4n) is 1.93. The number of aliphatic hydroxyl groups is 1. The van der Waals surface area contributed by atoms with E-state index >= 15 is 0 Å². The van der Waals surface area contributed by atoms with Gasteiger partial charge in [-0.25, -0.2) is 0 Å². The summed E-state index contributed by atoms with van der Waals surface area (Å²) in [5.74, 6) is 0. The summed E-state index contributed by atoms with van der Waals surface area (Å²) in [6.07, 6.45) is -3.47. The highest BCUT2D eigenvalue weighted by Gasteiger charge is 2.33. The maximum absolute atomic E-state index is 12.3. The molecule has 0 saturated carbocycles. The molecule has 17 heavy (non-hydrogen) atoms. The summed E-state index contributed by atoms with van der Waals surface area (Å²) >= 11 is 0. The largest absolute Gasteiger partial charge is 0.416 e. The quantitative estimate of drug-likeness (QED) is 0.868. The van der Waals surface area contributed by atoms with E-state index in [9.17, 15) is 18.3 Å². The molecule has 1 N–H and O–H groups in total. The molecule has 1 aromatic rings. The van der Waals surface area contributed by atoms with Crippen molar-refractivity contribution >= 4 is 0 Å². The molecule has 0 amide bonds. The van der Waals surface area contributed by atoms with Crippen molar-refractivity contribution in [3.8, 4) is 0 Å². The van der Waals surface area contributed by atoms with Crippen molar-refractivity contribution in [2.24, 2.45) is 0 Å². The summed E-state index contributed by atoms with van der Waals surface area (Å²) in [6.45, 7) is 0.741. The Hall–Kier alpha value is -1.07. The van der Waals surface area contributed by atoms with Gasteiger partial charge in [0.15, 0.2) is 0 Å². The average molecular weight is 246 g/mol. The van der Waals surface area contributed by atoms with E-state index in [4.69, 9.17) is 4.74 Å². The molecule has 1 aliphatic rings. The minimum Gasteiger partial charge on any atom is -0.387 e. The zero-order chi connectivity index (χ0) is 12.5. The van der Waals surface area contributed by atoms with Crippen LogP contribution in [0.4, 0.5) is 13.2 Å².